The Labute approximate surface area is 154 Å². The van der Waals surface area contributed by atoms with Crippen molar-refractivity contribution in [2.24, 2.45) is 0 Å². The molecule has 0 heterocycles. The number of hydrogen-bond acceptors (Lipinski definition) is 4. The summed E-state index contributed by atoms with van der Waals surface area (Å²) in [6.07, 6.45) is 1.10. The second kappa shape index (κ2) is 8.02. The molecule has 0 saturated heterocycles. The Bertz CT molecular complexity index is 925. The molecule has 0 aliphatic carbocycles. The molecule has 2 aromatic carbocycles. The number of nitrogens with zero attached hydrogens (tertiary/aromatic N) is 2. The van der Waals surface area contributed by atoms with Crippen molar-refractivity contribution < 1.29 is 13.2 Å². The normalized spacial score (nSPS) is 10.8. The van der Waals surface area contributed by atoms with Crippen LogP contribution in [0.5, 0.6) is 0 Å². The van der Waals surface area contributed by atoms with E-state index in [9.17, 15) is 13.2 Å². The van der Waals surface area contributed by atoms with Crippen molar-refractivity contribution in [2.75, 3.05) is 22.4 Å². The van der Waals surface area contributed by atoms with Gasteiger partial charge in [-0.15, -0.1) is 0 Å². The molecule has 136 valence electrons. The van der Waals surface area contributed by atoms with E-state index in [1.54, 1.807) is 24.3 Å². The van der Waals surface area contributed by atoms with Gasteiger partial charge in [0.2, 0.25) is 15.9 Å². The standard InChI is InChI=1S/C19H21N3O3S/c1-14-10-15(2)12-17(11-14)21-19(23)8-9-22(26(3,24)25)18-6-4-16(13-20)5-7-18/h4-7,10-12H,8-9H2,1-3H3,(H,21,23). The fourth-order valence-electron chi connectivity index (χ4n) is 2.66. The summed E-state index contributed by atoms with van der Waals surface area (Å²) in [6.45, 7) is 3.90. The average molecular weight is 371 g/mol. The molecular formula is C19H21N3O3S. The van der Waals surface area contributed by atoms with Gasteiger partial charge in [-0.25, -0.2) is 8.42 Å². The molecule has 0 aromatic heterocycles. The second-order valence-corrected chi connectivity index (χ2v) is 8.08. The summed E-state index contributed by atoms with van der Waals surface area (Å²) in [7, 11) is -3.55. The maximum absolute atomic E-state index is 12.2. The maximum atomic E-state index is 12.2. The van der Waals surface area contributed by atoms with Gasteiger partial charge in [-0.3, -0.25) is 9.10 Å². The zero-order chi connectivity index (χ0) is 19.3. The molecule has 2 rings (SSSR count). The van der Waals surface area contributed by atoms with Crippen LogP contribution in [-0.4, -0.2) is 27.1 Å². The molecule has 0 fully saturated rings. The van der Waals surface area contributed by atoms with Crippen LogP contribution in [0.2, 0.25) is 0 Å². The predicted octanol–water partition coefficient (Wildman–Crippen LogP) is 2.97. The molecule has 6 nitrogen and oxygen atoms in total. The third-order valence-electron chi connectivity index (χ3n) is 3.73. The summed E-state index contributed by atoms with van der Waals surface area (Å²) in [6, 6.07) is 13.9. The van der Waals surface area contributed by atoms with Crippen LogP contribution in [0, 0.1) is 25.2 Å². The average Bonchev–Trinajstić information content (AvgIpc) is 2.53. The molecule has 0 bridgehead atoms. The molecule has 7 heteroatoms. The van der Waals surface area contributed by atoms with Gasteiger partial charge in [-0.2, -0.15) is 5.26 Å². The quantitative estimate of drug-likeness (QED) is 0.845. The number of carbonyl (C=O) groups excluding carboxylic acids is 1. The number of hydrogen-bond donors (Lipinski definition) is 1. The number of benzene rings is 2. The summed E-state index contributed by atoms with van der Waals surface area (Å²) in [5.74, 6) is -0.266. The van der Waals surface area contributed by atoms with E-state index in [2.05, 4.69) is 5.32 Å². The van der Waals surface area contributed by atoms with E-state index in [1.807, 2.05) is 38.1 Å². The lowest BCUT2D eigenvalue weighted by Gasteiger charge is -2.22. The van der Waals surface area contributed by atoms with Crippen molar-refractivity contribution in [3.63, 3.8) is 0 Å². The third kappa shape index (κ3) is 5.33. The Balaban J connectivity index is 2.09. The number of amides is 1. The van der Waals surface area contributed by atoms with Crippen molar-refractivity contribution in [3.8, 4) is 6.07 Å². The van der Waals surface area contributed by atoms with Gasteiger partial charge in [-0.05, 0) is 61.4 Å². The third-order valence-corrected chi connectivity index (χ3v) is 4.93. The molecule has 2 aromatic rings. The van der Waals surface area contributed by atoms with Gasteiger partial charge < -0.3 is 5.32 Å². The topological polar surface area (TPSA) is 90.3 Å². The van der Waals surface area contributed by atoms with Crippen molar-refractivity contribution in [2.45, 2.75) is 20.3 Å². The Morgan fingerprint density at radius 3 is 2.19 bits per heavy atom. The monoisotopic (exact) mass is 371 g/mol. The van der Waals surface area contributed by atoms with Crippen LogP contribution in [0.3, 0.4) is 0 Å². The van der Waals surface area contributed by atoms with Gasteiger partial charge in [0.25, 0.3) is 0 Å². The van der Waals surface area contributed by atoms with E-state index in [0.717, 1.165) is 21.7 Å². The first kappa shape index (κ1) is 19.5. The van der Waals surface area contributed by atoms with Crippen LogP contribution in [-0.2, 0) is 14.8 Å². The summed E-state index contributed by atoms with van der Waals surface area (Å²) < 4.78 is 25.3. The van der Waals surface area contributed by atoms with E-state index >= 15 is 0 Å². The maximum Gasteiger partial charge on any atom is 0.232 e. The fraction of sp³-hybridized carbons (Fsp3) is 0.263. The first-order chi connectivity index (χ1) is 12.2. The number of carbonyl (C=O) groups is 1. The number of sulfonamides is 1. The SMILES string of the molecule is Cc1cc(C)cc(NC(=O)CCN(c2ccc(C#N)cc2)S(C)(=O)=O)c1. The fourth-order valence-corrected chi connectivity index (χ4v) is 3.59. The largest absolute Gasteiger partial charge is 0.326 e. The highest BCUT2D eigenvalue weighted by Gasteiger charge is 2.18. The lowest BCUT2D eigenvalue weighted by Crippen LogP contribution is -2.33. The molecule has 0 aliphatic rings. The number of aryl methyl sites for hydroxylation is 2. The van der Waals surface area contributed by atoms with Crippen molar-refractivity contribution >= 4 is 27.3 Å². The molecule has 1 N–H and O–H groups in total. The number of anilines is 2. The number of nitriles is 1. The minimum atomic E-state index is -3.55. The Kier molecular flexibility index (Phi) is 6.01. The lowest BCUT2D eigenvalue weighted by molar-refractivity contribution is -0.116. The van der Waals surface area contributed by atoms with Crippen LogP contribution < -0.4 is 9.62 Å². The summed E-state index contributed by atoms with van der Waals surface area (Å²) >= 11 is 0. The Morgan fingerprint density at radius 1 is 1.12 bits per heavy atom. The minimum absolute atomic E-state index is 0.0139. The van der Waals surface area contributed by atoms with Crippen LogP contribution in [0.1, 0.15) is 23.1 Å². The molecule has 0 radical (unpaired) electrons. The number of nitrogens with one attached hydrogen (secondary N) is 1. The molecule has 1 amide bonds. The lowest BCUT2D eigenvalue weighted by atomic mass is 10.1. The molecule has 26 heavy (non-hydrogen) atoms. The molecule has 0 saturated carbocycles. The van der Waals surface area contributed by atoms with Gasteiger partial charge in [0.1, 0.15) is 0 Å². The molecule has 0 spiro atoms. The molecule has 0 aliphatic heterocycles. The minimum Gasteiger partial charge on any atom is -0.326 e. The predicted molar refractivity (Wildman–Crippen MR) is 103 cm³/mol. The van der Waals surface area contributed by atoms with Gasteiger partial charge in [0.15, 0.2) is 0 Å². The van der Waals surface area contributed by atoms with Gasteiger partial charge >= 0.3 is 0 Å². The van der Waals surface area contributed by atoms with E-state index in [4.69, 9.17) is 5.26 Å². The highest BCUT2D eigenvalue weighted by Crippen LogP contribution is 2.19. The highest BCUT2D eigenvalue weighted by molar-refractivity contribution is 7.92. The van der Waals surface area contributed by atoms with Crippen LogP contribution in [0.4, 0.5) is 11.4 Å². The molecule has 0 atom stereocenters. The zero-order valence-corrected chi connectivity index (χ0v) is 15.8. The first-order valence-corrected chi connectivity index (χ1v) is 9.90. The Hall–Kier alpha value is -2.85. The van der Waals surface area contributed by atoms with E-state index in [1.165, 1.54) is 0 Å². The van der Waals surface area contributed by atoms with Crippen LogP contribution >= 0.6 is 0 Å². The number of rotatable bonds is 6. The summed E-state index contributed by atoms with van der Waals surface area (Å²) in [4.78, 5) is 12.2. The summed E-state index contributed by atoms with van der Waals surface area (Å²) in [5.41, 5.74) is 3.63. The van der Waals surface area contributed by atoms with E-state index < -0.39 is 10.0 Å². The molecule has 0 unspecified atom stereocenters. The molecular weight excluding hydrogens is 350 g/mol. The second-order valence-electron chi connectivity index (χ2n) is 6.17. The van der Waals surface area contributed by atoms with E-state index in [-0.39, 0.29) is 18.9 Å². The van der Waals surface area contributed by atoms with Crippen molar-refractivity contribution in [1.29, 1.82) is 5.26 Å². The van der Waals surface area contributed by atoms with E-state index in [0.29, 0.717) is 16.9 Å². The summed E-state index contributed by atoms with van der Waals surface area (Å²) in [5, 5.41) is 11.6. The van der Waals surface area contributed by atoms with Crippen LogP contribution in [0.25, 0.3) is 0 Å². The highest BCUT2D eigenvalue weighted by atomic mass is 32.2. The van der Waals surface area contributed by atoms with Crippen LogP contribution in [0.15, 0.2) is 42.5 Å². The van der Waals surface area contributed by atoms with Crippen molar-refractivity contribution in [3.05, 3.63) is 59.2 Å². The first-order valence-electron chi connectivity index (χ1n) is 8.05. The van der Waals surface area contributed by atoms with Gasteiger partial charge in [0.05, 0.1) is 23.6 Å². The Morgan fingerprint density at radius 2 is 1.69 bits per heavy atom. The van der Waals surface area contributed by atoms with Crippen molar-refractivity contribution in [1.82, 2.24) is 0 Å². The van der Waals surface area contributed by atoms with Gasteiger partial charge in [0, 0.05) is 18.7 Å². The zero-order valence-electron chi connectivity index (χ0n) is 15.0. The smallest absolute Gasteiger partial charge is 0.232 e. The van der Waals surface area contributed by atoms with Gasteiger partial charge in [-0.1, -0.05) is 6.07 Å².